The van der Waals surface area contributed by atoms with Crippen molar-refractivity contribution in [1.29, 1.82) is 0 Å². The molecule has 0 heterocycles. The van der Waals surface area contributed by atoms with Gasteiger partial charge in [-0.3, -0.25) is 9.59 Å². The van der Waals surface area contributed by atoms with Crippen LogP contribution < -0.4 is 10.6 Å². The third kappa shape index (κ3) is 14.3. The molecule has 2 amide bonds. The molecule has 0 aromatic rings. The smallest absolute Gasteiger partial charge is 0.407 e. The largest absolute Gasteiger partial charge is 0.466 e. The quantitative estimate of drug-likeness (QED) is 0.514. The SMILES string of the molecule is CCCCOC(=O)C[C@@H](CC(=O)NC(C)(C)C)NC(=O)OC(C)(C)C. The standard InChI is InChI=1S/C18H34N2O5/c1-8-9-10-24-15(22)12-13(11-14(21)20-17(2,3)4)19-16(23)25-18(5,6)7/h13H,8-12H2,1-7H3,(H,19,23)(H,20,21)/t13-/m1/s1. The van der Waals surface area contributed by atoms with Crippen molar-refractivity contribution in [3.63, 3.8) is 0 Å². The van der Waals surface area contributed by atoms with Crippen molar-refractivity contribution in [2.24, 2.45) is 0 Å². The maximum absolute atomic E-state index is 12.1. The maximum Gasteiger partial charge on any atom is 0.407 e. The second kappa shape index (κ2) is 10.3. The Kier molecular flexibility index (Phi) is 9.52. The Morgan fingerprint density at radius 1 is 1.00 bits per heavy atom. The summed E-state index contributed by atoms with van der Waals surface area (Å²) >= 11 is 0. The molecule has 0 saturated carbocycles. The number of hydrogen-bond donors (Lipinski definition) is 2. The Bertz CT molecular complexity index is 419. The third-order valence-electron chi connectivity index (χ3n) is 2.84. The average Bonchev–Trinajstić information content (AvgIpc) is 2.33. The van der Waals surface area contributed by atoms with Crippen LogP contribution in [0.15, 0.2) is 0 Å². The van der Waals surface area contributed by atoms with Gasteiger partial charge in [0.1, 0.15) is 5.60 Å². The number of hydrogen-bond acceptors (Lipinski definition) is 5. The number of esters is 1. The number of nitrogens with one attached hydrogen (secondary N) is 2. The lowest BCUT2D eigenvalue weighted by atomic mass is 10.1. The van der Waals surface area contributed by atoms with Gasteiger partial charge in [-0.25, -0.2) is 4.79 Å². The fourth-order valence-electron chi connectivity index (χ4n) is 1.93. The number of ether oxygens (including phenoxy) is 2. The summed E-state index contributed by atoms with van der Waals surface area (Å²) in [7, 11) is 0. The van der Waals surface area contributed by atoms with E-state index in [9.17, 15) is 14.4 Å². The molecule has 0 aliphatic heterocycles. The van der Waals surface area contributed by atoms with E-state index in [1.165, 1.54) is 0 Å². The average molecular weight is 358 g/mol. The van der Waals surface area contributed by atoms with E-state index in [1.54, 1.807) is 20.8 Å². The monoisotopic (exact) mass is 358 g/mol. The second-order valence-electron chi connectivity index (χ2n) is 8.12. The minimum Gasteiger partial charge on any atom is -0.466 e. The summed E-state index contributed by atoms with van der Waals surface area (Å²) < 4.78 is 10.3. The van der Waals surface area contributed by atoms with E-state index < -0.39 is 29.2 Å². The Balaban J connectivity index is 4.77. The fraction of sp³-hybridized carbons (Fsp3) is 0.833. The fourth-order valence-corrected chi connectivity index (χ4v) is 1.93. The Labute approximate surface area is 151 Å². The van der Waals surface area contributed by atoms with Crippen molar-refractivity contribution in [2.45, 2.75) is 91.3 Å². The van der Waals surface area contributed by atoms with Gasteiger partial charge in [-0.05, 0) is 48.0 Å². The Morgan fingerprint density at radius 2 is 1.60 bits per heavy atom. The van der Waals surface area contributed by atoms with Gasteiger partial charge in [0.15, 0.2) is 0 Å². The van der Waals surface area contributed by atoms with Crippen LogP contribution >= 0.6 is 0 Å². The lowest BCUT2D eigenvalue weighted by Crippen LogP contribution is -2.46. The highest BCUT2D eigenvalue weighted by Crippen LogP contribution is 2.09. The highest BCUT2D eigenvalue weighted by molar-refractivity contribution is 5.80. The van der Waals surface area contributed by atoms with Gasteiger partial charge in [0.05, 0.1) is 19.1 Å². The normalized spacial score (nSPS) is 12.9. The number of alkyl carbamates (subject to hydrolysis) is 1. The zero-order chi connectivity index (χ0) is 19.7. The lowest BCUT2D eigenvalue weighted by Gasteiger charge is -2.25. The molecule has 0 aliphatic carbocycles. The van der Waals surface area contributed by atoms with Gasteiger partial charge in [-0.2, -0.15) is 0 Å². The number of carbonyl (C=O) groups excluding carboxylic acids is 3. The minimum absolute atomic E-state index is 0.0284. The van der Waals surface area contributed by atoms with Crippen LogP contribution in [0.3, 0.4) is 0 Å². The van der Waals surface area contributed by atoms with E-state index in [1.807, 2.05) is 27.7 Å². The maximum atomic E-state index is 12.1. The molecule has 1 atom stereocenters. The van der Waals surface area contributed by atoms with Crippen molar-refractivity contribution in [3.05, 3.63) is 0 Å². The molecule has 0 bridgehead atoms. The summed E-state index contributed by atoms with van der Waals surface area (Å²) in [6.45, 7) is 13.1. The highest BCUT2D eigenvalue weighted by Gasteiger charge is 2.25. The molecule has 0 fully saturated rings. The summed E-state index contributed by atoms with van der Waals surface area (Å²) in [6, 6.07) is -0.689. The molecule has 0 rings (SSSR count). The molecule has 0 aromatic heterocycles. The minimum atomic E-state index is -0.689. The summed E-state index contributed by atoms with van der Waals surface area (Å²) in [5.41, 5.74) is -1.06. The van der Waals surface area contributed by atoms with Crippen LogP contribution in [-0.4, -0.2) is 41.8 Å². The molecule has 0 aromatic carbocycles. The zero-order valence-corrected chi connectivity index (χ0v) is 16.7. The number of carbonyl (C=O) groups is 3. The van der Waals surface area contributed by atoms with E-state index >= 15 is 0 Å². The number of rotatable bonds is 8. The van der Waals surface area contributed by atoms with E-state index in [0.717, 1.165) is 12.8 Å². The van der Waals surface area contributed by atoms with Gasteiger partial charge in [-0.1, -0.05) is 13.3 Å². The van der Waals surface area contributed by atoms with Crippen molar-refractivity contribution < 1.29 is 23.9 Å². The van der Waals surface area contributed by atoms with Crippen molar-refractivity contribution in [1.82, 2.24) is 10.6 Å². The second-order valence-corrected chi connectivity index (χ2v) is 8.12. The van der Waals surface area contributed by atoms with E-state index in [-0.39, 0.29) is 18.7 Å². The van der Waals surface area contributed by atoms with Gasteiger partial charge in [0.25, 0.3) is 0 Å². The Hall–Kier alpha value is -1.79. The first kappa shape index (κ1) is 23.2. The van der Waals surface area contributed by atoms with Gasteiger partial charge < -0.3 is 20.1 Å². The molecule has 0 unspecified atom stereocenters. The van der Waals surface area contributed by atoms with Crippen molar-refractivity contribution in [3.8, 4) is 0 Å². The number of amides is 2. The number of unbranched alkanes of at least 4 members (excludes halogenated alkanes) is 1. The van der Waals surface area contributed by atoms with Gasteiger partial charge in [0.2, 0.25) is 5.91 Å². The van der Waals surface area contributed by atoms with E-state index in [0.29, 0.717) is 6.61 Å². The molecular weight excluding hydrogens is 324 g/mol. The third-order valence-corrected chi connectivity index (χ3v) is 2.84. The summed E-state index contributed by atoms with van der Waals surface area (Å²) in [4.78, 5) is 36.0. The van der Waals surface area contributed by atoms with Crippen LogP contribution in [-0.2, 0) is 19.1 Å². The van der Waals surface area contributed by atoms with Crippen LogP contribution in [0, 0.1) is 0 Å². The topological polar surface area (TPSA) is 93.7 Å². The molecule has 25 heavy (non-hydrogen) atoms. The van der Waals surface area contributed by atoms with Gasteiger partial charge >= 0.3 is 12.1 Å². The van der Waals surface area contributed by atoms with Crippen molar-refractivity contribution >= 4 is 18.0 Å². The van der Waals surface area contributed by atoms with E-state index in [4.69, 9.17) is 9.47 Å². The lowest BCUT2D eigenvalue weighted by molar-refractivity contribution is -0.144. The highest BCUT2D eigenvalue weighted by atomic mass is 16.6. The van der Waals surface area contributed by atoms with E-state index in [2.05, 4.69) is 10.6 Å². The summed E-state index contributed by atoms with van der Waals surface area (Å²) in [6.07, 6.45) is 0.920. The predicted octanol–water partition coefficient (Wildman–Crippen LogP) is 2.92. The first-order valence-electron chi connectivity index (χ1n) is 8.78. The van der Waals surface area contributed by atoms with Crippen molar-refractivity contribution in [2.75, 3.05) is 6.61 Å². The molecule has 7 heteroatoms. The zero-order valence-electron chi connectivity index (χ0n) is 16.7. The molecule has 0 saturated heterocycles. The summed E-state index contributed by atoms with van der Waals surface area (Å²) in [5, 5.41) is 5.40. The first-order valence-corrected chi connectivity index (χ1v) is 8.78. The van der Waals surface area contributed by atoms with Crippen LogP contribution in [0.1, 0.15) is 74.1 Å². The summed E-state index contributed by atoms with van der Waals surface area (Å²) in [5.74, 6) is -0.701. The predicted molar refractivity (Wildman–Crippen MR) is 96.2 cm³/mol. The molecule has 0 spiro atoms. The molecule has 2 N–H and O–H groups in total. The molecule has 0 radical (unpaired) electrons. The molecule has 146 valence electrons. The molecule has 0 aliphatic rings. The molecular formula is C18H34N2O5. The van der Waals surface area contributed by atoms with Crippen LogP contribution in [0.25, 0.3) is 0 Å². The molecule has 7 nitrogen and oxygen atoms in total. The van der Waals surface area contributed by atoms with Gasteiger partial charge in [0, 0.05) is 12.0 Å². The van der Waals surface area contributed by atoms with Crippen LogP contribution in [0.4, 0.5) is 4.79 Å². The van der Waals surface area contributed by atoms with Crippen LogP contribution in [0.5, 0.6) is 0 Å². The first-order chi connectivity index (χ1) is 11.3. The van der Waals surface area contributed by atoms with Crippen LogP contribution in [0.2, 0.25) is 0 Å². The Morgan fingerprint density at radius 3 is 2.08 bits per heavy atom. The van der Waals surface area contributed by atoms with Gasteiger partial charge in [-0.15, -0.1) is 0 Å².